The molecule has 0 unspecified atom stereocenters. The third-order valence-corrected chi connectivity index (χ3v) is 3.61. The highest BCUT2D eigenvalue weighted by atomic mass is 16.3. The van der Waals surface area contributed by atoms with Crippen LogP contribution < -0.4 is 5.32 Å². The number of hydrogen-bond acceptors (Lipinski definition) is 5. The van der Waals surface area contributed by atoms with Gasteiger partial charge >= 0.3 is 0 Å². The Morgan fingerprint density at radius 1 is 1.16 bits per heavy atom. The molecule has 0 bridgehead atoms. The molecular formula is C14H23N3O2. The number of benzene rings is 1. The molecule has 1 fully saturated rings. The highest BCUT2D eigenvalue weighted by Crippen LogP contribution is 2.27. The summed E-state index contributed by atoms with van der Waals surface area (Å²) in [5.74, 6) is -0.0760. The SMILES string of the molecule is CN1CCN(CCNCc2cccc(O)c2O)CC1. The Balaban J connectivity index is 1.68. The summed E-state index contributed by atoms with van der Waals surface area (Å²) in [6.45, 7) is 6.99. The number of hydrogen-bond donors (Lipinski definition) is 3. The molecule has 5 heteroatoms. The van der Waals surface area contributed by atoms with Gasteiger partial charge < -0.3 is 20.4 Å². The molecule has 1 aromatic carbocycles. The van der Waals surface area contributed by atoms with Gasteiger partial charge in [0.25, 0.3) is 0 Å². The molecule has 0 saturated carbocycles. The van der Waals surface area contributed by atoms with Crippen molar-refractivity contribution in [2.75, 3.05) is 46.3 Å². The van der Waals surface area contributed by atoms with E-state index in [1.807, 2.05) is 6.07 Å². The van der Waals surface area contributed by atoms with Crippen molar-refractivity contribution < 1.29 is 10.2 Å². The second-order valence-electron chi connectivity index (χ2n) is 5.11. The standard InChI is InChI=1S/C14H23N3O2/c1-16-7-9-17(10-8-16)6-5-15-11-12-3-2-4-13(18)14(12)19/h2-4,15,18-19H,5-11H2,1H3. The lowest BCUT2D eigenvalue weighted by Gasteiger charge is -2.32. The molecule has 1 aliphatic rings. The predicted octanol–water partition coefficient (Wildman–Crippen LogP) is 0.435. The molecule has 1 saturated heterocycles. The molecule has 1 heterocycles. The Kier molecular flexibility index (Phi) is 5.01. The Bertz CT molecular complexity index is 404. The number of likely N-dealkylation sites (N-methyl/N-ethyl adjacent to an activating group) is 1. The number of rotatable bonds is 5. The molecule has 0 radical (unpaired) electrons. The molecule has 1 aliphatic heterocycles. The average molecular weight is 265 g/mol. The Morgan fingerprint density at radius 2 is 1.89 bits per heavy atom. The Morgan fingerprint density at radius 3 is 2.63 bits per heavy atom. The van der Waals surface area contributed by atoms with Crippen LogP contribution in [0.1, 0.15) is 5.56 Å². The van der Waals surface area contributed by atoms with Gasteiger partial charge in [0.15, 0.2) is 11.5 Å². The first-order valence-corrected chi connectivity index (χ1v) is 6.78. The van der Waals surface area contributed by atoms with Crippen LogP contribution in [0.25, 0.3) is 0 Å². The van der Waals surface area contributed by atoms with Crippen LogP contribution >= 0.6 is 0 Å². The third kappa shape index (κ3) is 4.09. The van der Waals surface area contributed by atoms with Crippen LogP contribution in [0.2, 0.25) is 0 Å². The number of para-hydroxylation sites is 1. The smallest absolute Gasteiger partial charge is 0.161 e. The fourth-order valence-corrected chi connectivity index (χ4v) is 2.25. The van der Waals surface area contributed by atoms with Gasteiger partial charge in [0.1, 0.15) is 0 Å². The maximum Gasteiger partial charge on any atom is 0.161 e. The molecule has 19 heavy (non-hydrogen) atoms. The molecule has 1 aromatic rings. The molecular weight excluding hydrogens is 242 g/mol. The van der Waals surface area contributed by atoms with Crippen LogP contribution in [0.3, 0.4) is 0 Å². The van der Waals surface area contributed by atoms with Crippen molar-refractivity contribution in [2.24, 2.45) is 0 Å². The first-order chi connectivity index (χ1) is 9.16. The zero-order valence-electron chi connectivity index (χ0n) is 11.5. The zero-order valence-corrected chi connectivity index (χ0v) is 11.5. The summed E-state index contributed by atoms with van der Waals surface area (Å²) in [4.78, 5) is 4.78. The van der Waals surface area contributed by atoms with Gasteiger partial charge in [-0.25, -0.2) is 0 Å². The second-order valence-corrected chi connectivity index (χ2v) is 5.11. The van der Waals surface area contributed by atoms with Crippen LogP contribution in [0.15, 0.2) is 18.2 Å². The van der Waals surface area contributed by atoms with Crippen molar-refractivity contribution in [1.82, 2.24) is 15.1 Å². The van der Waals surface area contributed by atoms with E-state index >= 15 is 0 Å². The van der Waals surface area contributed by atoms with Crippen LogP contribution in [0.5, 0.6) is 11.5 Å². The lowest BCUT2D eigenvalue weighted by molar-refractivity contribution is 0.154. The summed E-state index contributed by atoms with van der Waals surface area (Å²) in [6.07, 6.45) is 0. The van der Waals surface area contributed by atoms with Gasteiger partial charge in [-0.1, -0.05) is 12.1 Å². The van der Waals surface area contributed by atoms with E-state index in [4.69, 9.17) is 0 Å². The van der Waals surface area contributed by atoms with E-state index in [2.05, 4.69) is 22.2 Å². The summed E-state index contributed by atoms with van der Waals surface area (Å²) in [7, 11) is 2.15. The molecule has 0 aliphatic carbocycles. The lowest BCUT2D eigenvalue weighted by atomic mass is 10.2. The number of phenolic OH excluding ortho intramolecular Hbond substituents is 2. The van der Waals surface area contributed by atoms with E-state index in [0.717, 1.165) is 44.8 Å². The Labute approximate surface area is 114 Å². The minimum atomic E-state index is -0.0571. The summed E-state index contributed by atoms with van der Waals surface area (Å²) < 4.78 is 0. The number of nitrogens with one attached hydrogen (secondary N) is 1. The number of nitrogens with zero attached hydrogens (tertiary/aromatic N) is 2. The van der Waals surface area contributed by atoms with E-state index in [1.165, 1.54) is 6.07 Å². The first-order valence-electron chi connectivity index (χ1n) is 6.78. The van der Waals surface area contributed by atoms with Crippen LogP contribution in [0.4, 0.5) is 0 Å². The highest BCUT2D eigenvalue weighted by Gasteiger charge is 2.12. The topological polar surface area (TPSA) is 59.0 Å². The van der Waals surface area contributed by atoms with Gasteiger partial charge in [-0.3, -0.25) is 4.90 Å². The lowest BCUT2D eigenvalue weighted by Crippen LogP contribution is -2.46. The van der Waals surface area contributed by atoms with Crippen LogP contribution in [-0.2, 0) is 6.54 Å². The van der Waals surface area contributed by atoms with E-state index in [0.29, 0.717) is 6.54 Å². The van der Waals surface area contributed by atoms with Crippen molar-refractivity contribution in [2.45, 2.75) is 6.54 Å². The van der Waals surface area contributed by atoms with Gasteiger partial charge in [-0.2, -0.15) is 0 Å². The maximum absolute atomic E-state index is 9.67. The second kappa shape index (κ2) is 6.75. The average Bonchev–Trinajstić information content (AvgIpc) is 2.41. The predicted molar refractivity (Wildman–Crippen MR) is 75.4 cm³/mol. The van der Waals surface area contributed by atoms with Gasteiger partial charge in [0, 0.05) is 51.4 Å². The number of phenols is 2. The molecule has 0 aromatic heterocycles. The number of aromatic hydroxyl groups is 2. The molecule has 0 atom stereocenters. The van der Waals surface area contributed by atoms with Gasteiger partial charge in [-0.15, -0.1) is 0 Å². The molecule has 2 rings (SSSR count). The quantitative estimate of drug-likeness (QED) is 0.532. The fraction of sp³-hybridized carbons (Fsp3) is 0.571. The van der Waals surface area contributed by atoms with E-state index in [9.17, 15) is 10.2 Å². The van der Waals surface area contributed by atoms with Crippen molar-refractivity contribution in [3.05, 3.63) is 23.8 Å². The molecule has 0 spiro atoms. The van der Waals surface area contributed by atoms with Gasteiger partial charge in [0.05, 0.1) is 0 Å². The Hall–Kier alpha value is -1.30. The van der Waals surface area contributed by atoms with Crippen molar-refractivity contribution in [3.63, 3.8) is 0 Å². The summed E-state index contributed by atoms with van der Waals surface area (Å²) in [6, 6.07) is 5.05. The molecule has 106 valence electrons. The molecule has 0 amide bonds. The normalized spacial score (nSPS) is 17.7. The summed E-state index contributed by atoms with van der Waals surface area (Å²) >= 11 is 0. The minimum Gasteiger partial charge on any atom is -0.504 e. The highest BCUT2D eigenvalue weighted by molar-refractivity contribution is 5.44. The fourth-order valence-electron chi connectivity index (χ4n) is 2.25. The van der Waals surface area contributed by atoms with Crippen molar-refractivity contribution >= 4 is 0 Å². The van der Waals surface area contributed by atoms with Crippen molar-refractivity contribution in [1.29, 1.82) is 0 Å². The van der Waals surface area contributed by atoms with Crippen LogP contribution in [0, 0.1) is 0 Å². The third-order valence-electron chi connectivity index (χ3n) is 3.61. The van der Waals surface area contributed by atoms with Crippen LogP contribution in [-0.4, -0.2) is 66.3 Å². The molecule has 5 nitrogen and oxygen atoms in total. The van der Waals surface area contributed by atoms with Gasteiger partial charge in [0.2, 0.25) is 0 Å². The summed E-state index contributed by atoms with van der Waals surface area (Å²) in [5, 5.41) is 22.4. The minimum absolute atomic E-state index is 0.0189. The van der Waals surface area contributed by atoms with E-state index < -0.39 is 0 Å². The monoisotopic (exact) mass is 265 g/mol. The zero-order chi connectivity index (χ0) is 13.7. The van der Waals surface area contributed by atoms with E-state index in [-0.39, 0.29) is 11.5 Å². The van der Waals surface area contributed by atoms with E-state index in [1.54, 1.807) is 6.07 Å². The maximum atomic E-state index is 9.67. The molecule has 3 N–H and O–H groups in total. The summed E-state index contributed by atoms with van der Waals surface area (Å²) in [5.41, 5.74) is 0.735. The first kappa shape index (κ1) is 14.1. The van der Waals surface area contributed by atoms with Crippen molar-refractivity contribution in [3.8, 4) is 11.5 Å². The number of piperazine rings is 1. The van der Waals surface area contributed by atoms with Gasteiger partial charge in [-0.05, 0) is 13.1 Å². The largest absolute Gasteiger partial charge is 0.504 e.